The quantitative estimate of drug-likeness (QED) is 0.624. The molecule has 1 aliphatic rings. The van der Waals surface area contributed by atoms with E-state index in [2.05, 4.69) is 5.32 Å². The highest BCUT2D eigenvalue weighted by Gasteiger charge is 2.41. The molecule has 1 aromatic rings. The summed E-state index contributed by atoms with van der Waals surface area (Å²) in [6, 6.07) is 1.69. The molecule has 0 spiro atoms. The number of carbonyl (C=O) groups excluding carboxylic acids is 3. The zero-order valence-corrected chi connectivity index (χ0v) is 10.3. The highest BCUT2D eigenvalue weighted by Crippen LogP contribution is 2.29. The fraction of sp³-hybridized carbons (Fsp3) is 0.364. The molecule has 0 radical (unpaired) electrons. The standard InChI is InChI=1S/C11H12N2O3S/c1-11(2)10(16)12-9(15)4-13(11)7-3-8(5-14)17-6-7/h3,5-6H,4H2,1-2H3,(H,12,15,16). The summed E-state index contributed by atoms with van der Waals surface area (Å²) >= 11 is 1.29. The molecular weight excluding hydrogens is 240 g/mol. The second-order valence-electron chi connectivity index (χ2n) is 4.35. The number of aldehydes is 1. The lowest BCUT2D eigenvalue weighted by molar-refractivity contribution is -0.135. The Morgan fingerprint density at radius 2 is 2.18 bits per heavy atom. The molecule has 2 amide bonds. The first-order valence-electron chi connectivity index (χ1n) is 5.11. The van der Waals surface area contributed by atoms with E-state index in [-0.39, 0.29) is 18.4 Å². The van der Waals surface area contributed by atoms with Crippen LogP contribution in [0.1, 0.15) is 23.5 Å². The normalized spacial score (nSPS) is 19.1. The number of piperazine rings is 1. The lowest BCUT2D eigenvalue weighted by Gasteiger charge is -2.41. The van der Waals surface area contributed by atoms with Crippen molar-refractivity contribution in [3.63, 3.8) is 0 Å². The van der Waals surface area contributed by atoms with Gasteiger partial charge in [0.2, 0.25) is 5.91 Å². The van der Waals surface area contributed by atoms with E-state index in [1.807, 2.05) is 0 Å². The molecule has 0 aromatic carbocycles. The first kappa shape index (κ1) is 11.8. The number of thiophene rings is 1. The van der Waals surface area contributed by atoms with Crippen LogP contribution in [0.4, 0.5) is 5.69 Å². The van der Waals surface area contributed by atoms with E-state index in [0.29, 0.717) is 4.88 Å². The van der Waals surface area contributed by atoms with Crippen LogP contribution in [0.5, 0.6) is 0 Å². The molecule has 0 aliphatic carbocycles. The number of anilines is 1. The highest BCUT2D eigenvalue weighted by atomic mass is 32.1. The van der Waals surface area contributed by atoms with Crippen molar-refractivity contribution in [3.8, 4) is 0 Å². The number of nitrogens with zero attached hydrogens (tertiary/aromatic N) is 1. The maximum absolute atomic E-state index is 11.7. The van der Waals surface area contributed by atoms with Crippen molar-refractivity contribution in [2.24, 2.45) is 0 Å². The van der Waals surface area contributed by atoms with Gasteiger partial charge in [-0.1, -0.05) is 0 Å². The van der Waals surface area contributed by atoms with Gasteiger partial charge < -0.3 is 4.90 Å². The van der Waals surface area contributed by atoms with Crippen LogP contribution in [0.25, 0.3) is 0 Å². The van der Waals surface area contributed by atoms with Crippen LogP contribution in [0.15, 0.2) is 11.4 Å². The second kappa shape index (κ2) is 3.96. The predicted octanol–water partition coefficient (Wildman–Crippen LogP) is 0.802. The van der Waals surface area contributed by atoms with Crippen molar-refractivity contribution in [2.75, 3.05) is 11.4 Å². The van der Waals surface area contributed by atoms with E-state index in [0.717, 1.165) is 12.0 Å². The van der Waals surface area contributed by atoms with Gasteiger partial charge in [0.25, 0.3) is 5.91 Å². The van der Waals surface area contributed by atoms with Gasteiger partial charge in [-0.25, -0.2) is 0 Å². The summed E-state index contributed by atoms with van der Waals surface area (Å²) in [6.07, 6.45) is 0.757. The van der Waals surface area contributed by atoms with E-state index >= 15 is 0 Å². The average Bonchev–Trinajstić information content (AvgIpc) is 2.72. The first-order valence-corrected chi connectivity index (χ1v) is 5.99. The van der Waals surface area contributed by atoms with E-state index in [1.54, 1.807) is 30.2 Å². The summed E-state index contributed by atoms with van der Waals surface area (Å²) < 4.78 is 0. The lowest BCUT2D eigenvalue weighted by Crippen LogP contribution is -2.64. The van der Waals surface area contributed by atoms with Gasteiger partial charge in [0.1, 0.15) is 5.54 Å². The van der Waals surface area contributed by atoms with Crippen LogP contribution in [-0.2, 0) is 9.59 Å². The Bertz CT molecular complexity index is 493. The molecule has 1 N–H and O–H groups in total. The van der Waals surface area contributed by atoms with Crippen LogP contribution in [-0.4, -0.2) is 30.2 Å². The Kier molecular flexibility index (Phi) is 2.74. The third kappa shape index (κ3) is 1.95. The Labute approximate surface area is 102 Å². The molecular formula is C11H12N2O3S. The zero-order valence-electron chi connectivity index (χ0n) is 9.52. The smallest absolute Gasteiger partial charge is 0.251 e. The Hall–Kier alpha value is -1.69. The van der Waals surface area contributed by atoms with Crippen molar-refractivity contribution >= 4 is 35.1 Å². The molecule has 5 nitrogen and oxygen atoms in total. The van der Waals surface area contributed by atoms with Crippen LogP contribution >= 0.6 is 11.3 Å². The summed E-state index contributed by atoms with van der Waals surface area (Å²) in [6.45, 7) is 3.60. The number of amides is 2. The summed E-state index contributed by atoms with van der Waals surface area (Å²) in [7, 11) is 0. The van der Waals surface area contributed by atoms with Crippen molar-refractivity contribution in [2.45, 2.75) is 19.4 Å². The van der Waals surface area contributed by atoms with Crippen LogP contribution < -0.4 is 10.2 Å². The molecule has 0 atom stereocenters. The predicted molar refractivity (Wildman–Crippen MR) is 64.3 cm³/mol. The fourth-order valence-corrected chi connectivity index (χ4v) is 2.44. The molecule has 17 heavy (non-hydrogen) atoms. The first-order chi connectivity index (χ1) is 7.95. The van der Waals surface area contributed by atoms with Gasteiger partial charge in [-0.3, -0.25) is 19.7 Å². The number of rotatable bonds is 2. The van der Waals surface area contributed by atoms with Gasteiger partial charge in [-0.05, 0) is 19.9 Å². The van der Waals surface area contributed by atoms with Crippen molar-refractivity contribution in [1.29, 1.82) is 0 Å². The summed E-state index contributed by atoms with van der Waals surface area (Å²) in [5.74, 6) is -0.652. The lowest BCUT2D eigenvalue weighted by atomic mass is 9.98. The largest absolute Gasteiger partial charge is 0.347 e. The van der Waals surface area contributed by atoms with Gasteiger partial charge in [-0.15, -0.1) is 11.3 Å². The summed E-state index contributed by atoms with van der Waals surface area (Å²) in [5, 5.41) is 4.08. The molecule has 1 aromatic heterocycles. The minimum atomic E-state index is -0.796. The summed E-state index contributed by atoms with van der Waals surface area (Å²) in [4.78, 5) is 36.1. The molecule has 1 fully saturated rings. The second-order valence-corrected chi connectivity index (χ2v) is 5.29. The Morgan fingerprint density at radius 3 is 2.76 bits per heavy atom. The number of carbonyl (C=O) groups is 3. The van der Waals surface area contributed by atoms with Gasteiger partial charge >= 0.3 is 0 Å². The van der Waals surface area contributed by atoms with E-state index < -0.39 is 5.54 Å². The molecule has 0 saturated carbocycles. The molecule has 1 saturated heterocycles. The van der Waals surface area contributed by atoms with Crippen LogP contribution in [0.2, 0.25) is 0 Å². The molecule has 6 heteroatoms. The van der Waals surface area contributed by atoms with E-state index in [1.165, 1.54) is 11.3 Å². The minimum Gasteiger partial charge on any atom is -0.347 e. The minimum absolute atomic E-state index is 0.119. The van der Waals surface area contributed by atoms with Crippen LogP contribution in [0.3, 0.4) is 0 Å². The fourth-order valence-electron chi connectivity index (χ4n) is 1.74. The molecule has 1 aliphatic heterocycles. The van der Waals surface area contributed by atoms with Gasteiger partial charge in [-0.2, -0.15) is 0 Å². The molecule has 2 heterocycles. The SMILES string of the molecule is CC1(C)C(=O)NC(=O)CN1c1csc(C=O)c1. The Balaban J connectivity index is 2.37. The maximum atomic E-state index is 11.7. The number of hydrogen-bond acceptors (Lipinski definition) is 5. The van der Waals surface area contributed by atoms with Gasteiger partial charge in [0.15, 0.2) is 6.29 Å². The number of hydrogen-bond donors (Lipinski definition) is 1. The third-order valence-corrected chi connectivity index (χ3v) is 3.66. The molecule has 2 rings (SSSR count). The number of imide groups is 1. The third-order valence-electron chi connectivity index (χ3n) is 2.82. The van der Waals surface area contributed by atoms with Gasteiger partial charge in [0, 0.05) is 11.1 Å². The van der Waals surface area contributed by atoms with Crippen molar-refractivity contribution < 1.29 is 14.4 Å². The molecule has 0 bridgehead atoms. The molecule has 90 valence electrons. The number of nitrogens with one attached hydrogen (secondary N) is 1. The highest BCUT2D eigenvalue weighted by molar-refractivity contribution is 7.12. The molecule has 0 unspecified atom stereocenters. The van der Waals surface area contributed by atoms with E-state index in [4.69, 9.17) is 0 Å². The zero-order chi connectivity index (χ0) is 12.6. The van der Waals surface area contributed by atoms with Crippen LogP contribution in [0, 0.1) is 0 Å². The van der Waals surface area contributed by atoms with Crippen molar-refractivity contribution in [3.05, 3.63) is 16.3 Å². The van der Waals surface area contributed by atoms with Gasteiger partial charge in [0.05, 0.1) is 11.4 Å². The maximum Gasteiger partial charge on any atom is 0.251 e. The Morgan fingerprint density at radius 1 is 1.47 bits per heavy atom. The monoisotopic (exact) mass is 252 g/mol. The van der Waals surface area contributed by atoms with E-state index in [9.17, 15) is 14.4 Å². The van der Waals surface area contributed by atoms with Crippen molar-refractivity contribution in [1.82, 2.24) is 5.32 Å². The topological polar surface area (TPSA) is 66.5 Å². The average molecular weight is 252 g/mol. The summed E-state index contributed by atoms with van der Waals surface area (Å²) in [5.41, 5.74) is -0.0694.